The molecule has 0 fully saturated rings. The fraction of sp³-hybridized carbons (Fsp3) is 0.176. The molecule has 1 N–H and O–H groups in total. The molecule has 0 bridgehead atoms. The number of carbonyl (C=O) groups excluding carboxylic acids is 1. The number of carbonyl (C=O) groups is 1. The van der Waals surface area contributed by atoms with Crippen LogP contribution in [-0.4, -0.2) is 23.0 Å². The molecule has 0 saturated heterocycles. The minimum atomic E-state index is -0.304. The normalized spacial score (nSPS) is 10.0. The smallest absolute Gasteiger partial charge is 0.155 e. The minimum Gasteiger partial charge on any atom is -0.512 e. The van der Waals surface area contributed by atoms with Gasteiger partial charge in [-0.25, -0.2) is 0 Å². The number of halogens is 1. The molecule has 0 aliphatic heterocycles. The molecule has 1 heterocycles. The van der Waals surface area contributed by atoms with E-state index in [-0.39, 0.29) is 38.4 Å². The van der Waals surface area contributed by atoms with E-state index in [1.54, 1.807) is 31.5 Å². The third kappa shape index (κ3) is 8.26. The molecule has 4 nitrogen and oxygen atoms in total. The summed E-state index contributed by atoms with van der Waals surface area (Å²) in [5.74, 6) is 0.354. The van der Waals surface area contributed by atoms with Crippen molar-refractivity contribution in [2.45, 2.75) is 13.8 Å². The molecule has 0 aliphatic rings. The maximum atomic E-state index is 12.7. The Kier molecular flexibility index (Phi) is 9.75. The van der Waals surface area contributed by atoms with Crippen LogP contribution in [0.5, 0.6) is 5.75 Å². The molecule has 0 aliphatic carbocycles. The average Bonchev–Trinajstić information content (AvgIpc) is 2.47. The van der Waals surface area contributed by atoms with E-state index in [1.165, 1.54) is 32.1 Å². The number of methoxy groups -OCH3 is 1. The molecule has 2 aromatic rings. The topological polar surface area (TPSA) is 59.4 Å². The fourth-order valence-electron chi connectivity index (χ4n) is 1.54. The van der Waals surface area contributed by atoms with Crippen molar-refractivity contribution in [3.05, 3.63) is 60.2 Å². The Balaban J connectivity index is 0.000000522. The van der Waals surface area contributed by atoms with Crippen LogP contribution < -0.4 is 4.74 Å². The first-order chi connectivity index (χ1) is 10.4. The quantitative estimate of drug-likeness (QED) is 0.399. The van der Waals surface area contributed by atoms with Gasteiger partial charge in [-0.2, -0.15) is 0 Å². The molecule has 1 aromatic heterocycles. The maximum Gasteiger partial charge on any atom is 0.155 e. The average molecular weight is 497 g/mol. The Morgan fingerprint density at radius 3 is 2.48 bits per heavy atom. The predicted molar refractivity (Wildman–Crippen MR) is 82.1 cm³/mol. The second-order valence-corrected chi connectivity index (χ2v) is 4.40. The van der Waals surface area contributed by atoms with Crippen LogP contribution in [0, 0.1) is 11.9 Å². The van der Waals surface area contributed by atoms with Gasteiger partial charge in [0.25, 0.3) is 0 Å². The van der Waals surface area contributed by atoms with Crippen LogP contribution in [0.1, 0.15) is 13.8 Å². The third-order valence-electron chi connectivity index (χ3n) is 2.43. The van der Waals surface area contributed by atoms with Gasteiger partial charge in [0.05, 0.1) is 12.9 Å². The molecule has 23 heavy (non-hydrogen) atoms. The molecule has 0 radical (unpaired) electrons. The summed E-state index contributed by atoms with van der Waals surface area (Å²) in [6.45, 7) is 2.85. The van der Waals surface area contributed by atoms with Crippen molar-refractivity contribution >= 4 is 5.78 Å². The number of hydrogen-bond donors (Lipinski definition) is 1. The summed E-state index contributed by atoms with van der Waals surface area (Å²) in [4.78, 5) is 14.2. The number of allylic oxidation sites excluding steroid dienone is 2. The van der Waals surface area contributed by atoms with Gasteiger partial charge >= 0.3 is 0 Å². The van der Waals surface area contributed by atoms with Crippen LogP contribution in [0.4, 0.5) is 4.39 Å². The molecule has 0 atom stereocenters. The van der Waals surface area contributed by atoms with E-state index in [0.29, 0.717) is 5.69 Å². The number of ketones is 1. The van der Waals surface area contributed by atoms with Crippen LogP contribution in [0.25, 0.3) is 11.3 Å². The number of aliphatic hydroxyl groups excluding tert-OH is 1. The first-order valence-corrected chi connectivity index (χ1v) is 6.48. The molecule has 2 rings (SSSR count). The van der Waals surface area contributed by atoms with Crippen molar-refractivity contribution in [2.24, 2.45) is 0 Å². The van der Waals surface area contributed by atoms with Gasteiger partial charge in [0, 0.05) is 39.2 Å². The monoisotopic (exact) mass is 497 g/mol. The summed E-state index contributed by atoms with van der Waals surface area (Å²) in [5, 5.41) is 8.36. The van der Waals surface area contributed by atoms with E-state index in [2.05, 4.69) is 11.1 Å². The second-order valence-electron chi connectivity index (χ2n) is 4.40. The Hall–Kier alpha value is -2.00. The zero-order valence-corrected chi connectivity index (χ0v) is 15.2. The van der Waals surface area contributed by atoms with Gasteiger partial charge in [-0.05, 0) is 31.7 Å². The maximum absolute atomic E-state index is 12.7. The molecule has 0 unspecified atom stereocenters. The van der Waals surface area contributed by atoms with E-state index in [1.807, 2.05) is 0 Å². The Bertz CT molecular complexity index is 653. The van der Waals surface area contributed by atoms with E-state index in [4.69, 9.17) is 9.84 Å². The molecule has 0 amide bonds. The molecular weight excluding hydrogens is 480 g/mol. The van der Waals surface area contributed by atoms with Crippen LogP contribution in [-0.2, 0) is 25.9 Å². The van der Waals surface area contributed by atoms with Crippen LogP contribution >= 0.6 is 0 Å². The van der Waals surface area contributed by atoms with Crippen LogP contribution in [0.2, 0.25) is 0 Å². The number of rotatable bonds is 3. The van der Waals surface area contributed by atoms with Gasteiger partial charge in [-0.15, -0.1) is 29.8 Å². The van der Waals surface area contributed by atoms with Crippen molar-refractivity contribution in [3.8, 4) is 17.0 Å². The SMILES string of the molecule is CC(=O)/C=C(/C)O.COc1ccnc(-c2[c-]cc(F)cc2)c1.[Pt]. The summed E-state index contributed by atoms with van der Waals surface area (Å²) >= 11 is 0. The fourth-order valence-corrected chi connectivity index (χ4v) is 1.54. The van der Waals surface area contributed by atoms with E-state index >= 15 is 0 Å². The molecule has 1 aromatic carbocycles. The van der Waals surface area contributed by atoms with E-state index in [0.717, 1.165) is 11.3 Å². The molecule has 0 saturated carbocycles. The number of nitrogens with zero attached hydrogens (tertiary/aromatic N) is 1. The summed E-state index contributed by atoms with van der Waals surface area (Å²) < 4.78 is 17.7. The van der Waals surface area contributed by atoms with Gasteiger partial charge in [0.15, 0.2) is 5.78 Å². The molecule has 6 heteroatoms. The molecular formula is C17H17FNO3Pt-. The van der Waals surface area contributed by atoms with Crippen LogP contribution in [0.15, 0.2) is 48.4 Å². The van der Waals surface area contributed by atoms with E-state index < -0.39 is 0 Å². The number of benzene rings is 1. The van der Waals surface area contributed by atoms with E-state index in [9.17, 15) is 9.18 Å². The minimum absolute atomic E-state index is 0. The Morgan fingerprint density at radius 2 is 2.04 bits per heavy atom. The zero-order chi connectivity index (χ0) is 16.5. The van der Waals surface area contributed by atoms with Crippen LogP contribution in [0.3, 0.4) is 0 Å². The molecule has 0 spiro atoms. The van der Waals surface area contributed by atoms with Gasteiger partial charge in [0.1, 0.15) is 5.75 Å². The summed E-state index contributed by atoms with van der Waals surface area (Å²) in [5.41, 5.74) is 1.46. The largest absolute Gasteiger partial charge is 0.512 e. The van der Waals surface area contributed by atoms with Crippen molar-refractivity contribution in [1.82, 2.24) is 4.98 Å². The number of aromatic nitrogens is 1. The first-order valence-electron chi connectivity index (χ1n) is 6.48. The number of pyridine rings is 1. The zero-order valence-electron chi connectivity index (χ0n) is 12.9. The first kappa shape index (κ1) is 21.0. The van der Waals surface area contributed by atoms with Crippen molar-refractivity contribution in [1.29, 1.82) is 0 Å². The van der Waals surface area contributed by atoms with Gasteiger partial charge < -0.3 is 14.8 Å². The Labute approximate surface area is 149 Å². The molecule has 126 valence electrons. The Morgan fingerprint density at radius 1 is 1.35 bits per heavy atom. The number of ether oxygens (including phenoxy) is 1. The van der Waals surface area contributed by atoms with Crippen molar-refractivity contribution in [3.63, 3.8) is 0 Å². The van der Waals surface area contributed by atoms with Gasteiger partial charge in [0.2, 0.25) is 0 Å². The number of aliphatic hydroxyl groups is 1. The summed E-state index contributed by atoms with van der Waals surface area (Å²) in [7, 11) is 1.59. The standard InChI is InChI=1S/C12H9FNO.C5H8O2.Pt/c1-15-11-6-7-14-12(8-11)9-2-4-10(13)5-3-9;1-4(6)3-5(2)7;/h2,4-8H,1H3;3,6H,1-2H3;/q-1;;/b;4-3-;. The van der Waals surface area contributed by atoms with Gasteiger partial charge in [-0.3, -0.25) is 9.18 Å². The summed E-state index contributed by atoms with van der Waals surface area (Å²) in [6, 6.07) is 10.7. The summed E-state index contributed by atoms with van der Waals surface area (Å²) in [6.07, 6.45) is 2.81. The van der Waals surface area contributed by atoms with Crippen molar-refractivity contribution in [2.75, 3.05) is 7.11 Å². The number of hydrogen-bond acceptors (Lipinski definition) is 4. The predicted octanol–water partition coefficient (Wildman–Crippen LogP) is 3.73. The van der Waals surface area contributed by atoms with Crippen molar-refractivity contribution < 1.29 is 40.1 Å². The third-order valence-corrected chi connectivity index (χ3v) is 2.43. The second kappa shape index (κ2) is 10.7. The van der Waals surface area contributed by atoms with Gasteiger partial charge in [-0.1, -0.05) is 0 Å².